The third-order valence-corrected chi connectivity index (χ3v) is 0.927. The minimum Gasteiger partial charge on any atom is -0.291 e. The monoisotopic (exact) mass is 111 g/mol. The van der Waals surface area contributed by atoms with E-state index in [4.69, 9.17) is 0 Å². The van der Waals surface area contributed by atoms with Crippen LogP contribution in [0.4, 0.5) is 0 Å². The highest BCUT2D eigenvalue weighted by molar-refractivity contribution is 5.53. The van der Waals surface area contributed by atoms with Gasteiger partial charge >= 0.3 is 0 Å². The predicted octanol–water partition coefficient (Wildman–Crippen LogP) is 1.70. The third kappa shape index (κ3) is 3.59. The van der Waals surface area contributed by atoms with Crippen LogP contribution in [0.1, 0.15) is 20.3 Å². The first-order chi connectivity index (χ1) is 3.81. The number of hydrogen-bond acceptors (Lipinski definition) is 1. The molecule has 0 saturated heterocycles. The van der Waals surface area contributed by atoms with Gasteiger partial charge in [0.1, 0.15) is 0 Å². The van der Waals surface area contributed by atoms with Crippen molar-refractivity contribution in [3.63, 3.8) is 0 Å². The number of carbonyl (C=O) groups excluding carboxylic acids is 1. The van der Waals surface area contributed by atoms with Crippen molar-refractivity contribution in [1.82, 2.24) is 0 Å². The molecule has 8 heavy (non-hydrogen) atoms. The van der Waals surface area contributed by atoms with Crippen molar-refractivity contribution < 1.29 is 4.79 Å². The van der Waals surface area contributed by atoms with Crippen molar-refractivity contribution in [1.29, 1.82) is 0 Å². The van der Waals surface area contributed by atoms with Gasteiger partial charge in [-0.3, -0.25) is 4.79 Å². The maximum atomic E-state index is 9.85. The van der Waals surface area contributed by atoms with Crippen molar-refractivity contribution in [2.24, 2.45) is 5.92 Å². The van der Waals surface area contributed by atoms with Gasteiger partial charge in [-0.05, 0) is 13.3 Å². The lowest BCUT2D eigenvalue weighted by atomic mass is 10.1. The smallest absolute Gasteiger partial charge is 0.201 e. The SMILES string of the molecule is CC=CCC(C)[C]=O. The van der Waals surface area contributed by atoms with Gasteiger partial charge in [-0.25, -0.2) is 0 Å². The topological polar surface area (TPSA) is 17.1 Å². The molecule has 0 amide bonds. The Balaban J connectivity index is 3.23. The van der Waals surface area contributed by atoms with Crippen LogP contribution >= 0.6 is 0 Å². The van der Waals surface area contributed by atoms with Gasteiger partial charge in [0.05, 0.1) is 0 Å². The summed E-state index contributed by atoms with van der Waals surface area (Å²) in [5.74, 6) is 0.0613. The van der Waals surface area contributed by atoms with Gasteiger partial charge in [0, 0.05) is 5.92 Å². The summed E-state index contributed by atoms with van der Waals surface area (Å²) in [7, 11) is 0. The van der Waals surface area contributed by atoms with Crippen molar-refractivity contribution >= 4 is 6.29 Å². The molecule has 0 fully saturated rings. The van der Waals surface area contributed by atoms with Crippen LogP contribution in [0.3, 0.4) is 0 Å². The van der Waals surface area contributed by atoms with Crippen LogP contribution < -0.4 is 0 Å². The van der Waals surface area contributed by atoms with Crippen LogP contribution in [-0.4, -0.2) is 6.29 Å². The van der Waals surface area contributed by atoms with Crippen LogP contribution in [0.5, 0.6) is 0 Å². The predicted molar refractivity (Wildman–Crippen MR) is 34.3 cm³/mol. The number of allylic oxidation sites excluding steroid dienone is 2. The fraction of sp³-hybridized carbons (Fsp3) is 0.571. The Kier molecular flexibility index (Phi) is 4.23. The highest BCUT2D eigenvalue weighted by Gasteiger charge is 1.93. The lowest BCUT2D eigenvalue weighted by Crippen LogP contribution is -1.91. The van der Waals surface area contributed by atoms with Gasteiger partial charge in [-0.1, -0.05) is 19.1 Å². The van der Waals surface area contributed by atoms with E-state index in [1.165, 1.54) is 0 Å². The third-order valence-electron chi connectivity index (χ3n) is 0.927. The molecule has 1 heteroatoms. The summed E-state index contributed by atoms with van der Waals surface area (Å²) in [5, 5.41) is 0. The number of hydrogen-bond donors (Lipinski definition) is 0. The van der Waals surface area contributed by atoms with E-state index in [9.17, 15) is 4.79 Å². The Morgan fingerprint density at radius 3 is 2.75 bits per heavy atom. The molecule has 0 bridgehead atoms. The molecule has 0 rings (SSSR count). The summed E-state index contributed by atoms with van der Waals surface area (Å²) in [4.78, 5) is 9.85. The van der Waals surface area contributed by atoms with Crippen LogP contribution in [-0.2, 0) is 4.79 Å². The Hall–Kier alpha value is -0.590. The summed E-state index contributed by atoms with van der Waals surface area (Å²) in [6.45, 7) is 3.80. The second kappa shape index (κ2) is 4.57. The molecule has 0 aromatic rings. The van der Waals surface area contributed by atoms with Gasteiger partial charge in [0.25, 0.3) is 0 Å². The van der Waals surface area contributed by atoms with Crippen LogP contribution in [0.2, 0.25) is 0 Å². The summed E-state index contributed by atoms with van der Waals surface area (Å²) in [5.41, 5.74) is 0. The average Bonchev–Trinajstić information content (AvgIpc) is 1.83. The van der Waals surface area contributed by atoms with Crippen LogP contribution in [0.25, 0.3) is 0 Å². The molecule has 0 spiro atoms. The number of rotatable bonds is 3. The van der Waals surface area contributed by atoms with Gasteiger partial charge < -0.3 is 0 Å². The fourth-order valence-electron chi connectivity index (χ4n) is 0.388. The van der Waals surface area contributed by atoms with Gasteiger partial charge in [0.2, 0.25) is 6.29 Å². The van der Waals surface area contributed by atoms with E-state index < -0.39 is 0 Å². The van der Waals surface area contributed by atoms with E-state index in [2.05, 4.69) is 0 Å². The molecule has 0 N–H and O–H groups in total. The quantitative estimate of drug-likeness (QED) is 0.506. The van der Waals surface area contributed by atoms with Crippen LogP contribution in [0.15, 0.2) is 12.2 Å². The summed E-state index contributed by atoms with van der Waals surface area (Å²) in [6, 6.07) is 0. The molecule has 0 aliphatic rings. The first-order valence-electron chi connectivity index (χ1n) is 2.80. The molecule has 0 aliphatic carbocycles. The van der Waals surface area contributed by atoms with E-state index in [1.54, 1.807) is 0 Å². The first kappa shape index (κ1) is 7.41. The molecule has 45 valence electrons. The Morgan fingerprint density at radius 2 is 2.38 bits per heavy atom. The fourth-order valence-corrected chi connectivity index (χ4v) is 0.388. The Labute approximate surface area is 50.4 Å². The maximum Gasteiger partial charge on any atom is 0.201 e. The molecule has 0 heterocycles. The Bertz CT molecular complexity index is 84.4. The van der Waals surface area contributed by atoms with Gasteiger partial charge in [0.15, 0.2) is 0 Å². The van der Waals surface area contributed by atoms with E-state index in [1.807, 2.05) is 32.3 Å². The molecule has 1 radical (unpaired) electrons. The maximum absolute atomic E-state index is 9.85. The molecular weight excluding hydrogens is 100 g/mol. The summed E-state index contributed by atoms with van der Waals surface area (Å²) < 4.78 is 0. The lowest BCUT2D eigenvalue weighted by molar-refractivity contribution is 0.530. The van der Waals surface area contributed by atoms with E-state index in [0.29, 0.717) is 0 Å². The molecular formula is C7H11O. The lowest BCUT2D eigenvalue weighted by Gasteiger charge is -1.91. The molecule has 1 unspecified atom stereocenters. The molecule has 0 saturated carbocycles. The van der Waals surface area contributed by atoms with Crippen molar-refractivity contribution in [2.75, 3.05) is 0 Å². The van der Waals surface area contributed by atoms with Crippen molar-refractivity contribution in [3.05, 3.63) is 12.2 Å². The van der Waals surface area contributed by atoms with Crippen molar-refractivity contribution in [3.8, 4) is 0 Å². The second-order valence-corrected chi connectivity index (χ2v) is 1.82. The average molecular weight is 111 g/mol. The zero-order valence-electron chi connectivity index (χ0n) is 5.35. The van der Waals surface area contributed by atoms with Crippen molar-refractivity contribution in [2.45, 2.75) is 20.3 Å². The van der Waals surface area contributed by atoms with E-state index in [-0.39, 0.29) is 5.92 Å². The first-order valence-corrected chi connectivity index (χ1v) is 2.80. The van der Waals surface area contributed by atoms with Gasteiger partial charge in [-0.15, -0.1) is 0 Å². The zero-order chi connectivity index (χ0) is 6.41. The highest BCUT2D eigenvalue weighted by atomic mass is 16.1. The molecule has 1 nitrogen and oxygen atoms in total. The second-order valence-electron chi connectivity index (χ2n) is 1.82. The molecule has 1 atom stereocenters. The van der Waals surface area contributed by atoms with Gasteiger partial charge in [-0.2, -0.15) is 0 Å². The van der Waals surface area contributed by atoms with E-state index in [0.717, 1.165) is 6.42 Å². The highest BCUT2D eigenvalue weighted by Crippen LogP contribution is 1.96. The Morgan fingerprint density at radius 1 is 1.75 bits per heavy atom. The largest absolute Gasteiger partial charge is 0.291 e. The molecule has 0 aromatic heterocycles. The normalized spacial score (nSPS) is 14.2. The molecule has 0 aliphatic heterocycles. The standard InChI is InChI=1S/C7H11O/c1-3-4-5-7(2)6-8/h3-4,7H,5H2,1-2H3. The van der Waals surface area contributed by atoms with E-state index >= 15 is 0 Å². The summed E-state index contributed by atoms with van der Waals surface area (Å²) in [6.07, 6.45) is 6.62. The van der Waals surface area contributed by atoms with Crippen LogP contribution in [0, 0.1) is 5.92 Å². The minimum absolute atomic E-state index is 0.0613. The summed E-state index contributed by atoms with van der Waals surface area (Å²) >= 11 is 0. The minimum atomic E-state index is 0.0613. The zero-order valence-corrected chi connectivity index (χ0v) is 5.35. The molecule has 0 aromatic carbocycles.